The molecule has 2 aromatic rings. The minimum Gasteiger partial charge on any atom is -0.463 e. The fourth-order valence-electron chi connectivity index (χ4n) is 2.46. The van der Waals surface area contributed by atoms with Crippen molar-refractivity contribution < 1.29 is 9.53 Å². The minimum absolute atomic E-state index is 0.247. The van der Waals surface area contributed by atoms with Gasteiger partial charge in [0.25, 0.3) is 0 Å². The Morgan fingerprint density at radius 1 is 1.38 bits per heavy atom. The predicted molar refractivity (Wildman–Crippen MR) is 93.4 cm³/mol. The maximum absolute atomic E-state index is 12.0. The quantitative estimate of drug-likeness (QED) is 0.565. The molecule has 1 N–H and O–H groups in total. The molecular weight excluding hydrogens is 304 g/mol. The van der Waals surface area contributed by atoms with E-state index in [9.17, 15) is 4.79 Å². The smallest absolute Gasteiger partial charge is 0.335 e. The van der Waals surface area contributed by atoms with Gasteiger partial charge >= 0.3 is 5.97 Å². The van der Waals surface area contributed by atoms with Gasteiger partial charge in [0.15, 0.2) is 5.65 Å². The number of hydrogen-bond acceptors (Lipinski definition) is 5. The number of unbranched alkanes of at least 4 members (excludes halogenated alkanes) is 1. The van der Waals surface area contributed by atoms with Gasteiger partial charge in [0.05, 0.1) is 30.6 Å². The average Bonchev–Trinajstić information content (AvgIpc) is 3.00. The molecule has 2 rings (SSSR count). The number of aryl methyl sites for hydroxylation is 1. The molecule has 0 atom stereocenters. The molecule has 0 amide bonds. The highest BCUT2D eigenvalue weighted by atomic mass is 16.5. The first kappa shape index (κ1) is 18.0. The van der Waals surface area contributed by atoms with E-state index >= 15 is 0 Å². The number of carbonyl (C=O) groups is 1. The zero-order chi connectivity index (χ0) is 17.4. The van der Waals surface area contributed by atoms with E-state index in [1.54, 1.807) is 16.9 Å². The third kappa shape index (κ3) is 4.57. The van der Waals surface area contributed by atoms with Crippen LogP contribution in [0, 0.1) is 0 Å². The van der Waals surface area contributed by atoms with Crippen molar-refractivity contribution in [1.29, 1.82) is 0 Å². The molecule has 2 aromatic heterocycles. The second kappa shape index (κ2) is 9.05. The zero-order valence-corrected chi connectivity index (χ0v) is 14.7. The van der Waals surface area contributed by atoms with Gasteiger partial charge in [-0.05, 0) is 37.8 Å². The van der Waals surface area contributed by atoms with Crippen LogP contribution in [0.1, 0.15) is 51.3 Å². The number of fused-ring (bicyclic) bond motifs is 1. The molecule has 0 radical (unpaired) electrons. The summed E-state index contributed by atoms with van der Waals surface area (Å²) >= 11 is 0. The van der Waals surface area contributed by atoms with Crippen molar-refractivity contribution in [3.05, 3.63) is 41.5 Å². The van der Waals surface area contributed by atoms with Crippen molar-refractivity contribution in [3.63, 3.8) is 0 Å². The van der Waals surface area contributed by atoms with E-state index in [0.29, 0.717) is 18.7 Å². The number of carbonyl (C=O) groups excluding carboxylic acids is 1. The maximum atomic E-state index is 12.0. The first-order valence-electron chi connectivity index (χ1n) is 8.61. The summed E-state index contributed by atoms with van der Waals surface area (Å²) in [6.45, 7) is 6.95. The van der Waals surface area contributed by atoms with Crippen LogP contribution in [0.15, 0.2) is 30.2 Å². The van der Waals surface area contributed by atoms with E-state index in [-0.39, 0.29) is 5.97 Å². The Bertz CT molecular complexity index is 706. The number of imidazole rings is 1. The van der Waals surface area contributed by atoms with Crippen LogP contribution in [0.5, 0.6) is 0 Å². The summed E-state index contributed by atoms with van der Waals surface area (Å²) < 4.78 is 6.90. The summed E-state index contributed by atoms with van der Waals surface area (Å²) in [4.78, 5) is 16.6. The van der Waals surface area contributed by atoms with Crippen LogP contribution in [0.2, 0.25) is 0 Å². The Labute approximate surface area is 142 Å². The molecule has 24 heavy (non-hydrogen) atoms. The van der Waals surface area contributed by atoms with Crippen LogP contribution in [0.4, 0.5) is 0 Å². The van der Waals surface area contributed by atoms with Crippen LogP contribution >= 0.6 is 0 Å². The lowest BCUT2D eigenvalue weighted by atomic mass is 10.1. The van der Waals surface area contributed by atoms with Crippen LogP contribution in [-0.4, -0.2) is 27.2 Å². The SMILES string of the molecule is CCCC/C(=C\NCc1cn2nccc(CC)c2n1)C(=O)OCC. The summed E-state index contributed by atoms with van der Waals surface area (Å²) in [6, 6.07) is 1.99. The van der Waals surface area contributed by atoms with Crippen molar-refractivity contribution >= 4 is 11.6 Å². The van der Waals surface area contributed by atoms with Gasteiger partial charge in [0, 0.05) is 12.4 Å². The summed E-state index contributed by atoms with van der Waals surface area (Å²) in [5.74, 6) is -0.247. The average molecular weight is 330 g/mol. The van der Waals surface area contributed by atoms with Crippen LogP contribution in [-0.2, 0) is 22.5 Å². The molecule has 0 aromatic carbocycles. The lowest BCUT2D eigenvalue weighted by molar-refractivity contribution is -0.138. The number of nitrogens with zero attached hydrogens (tertiary/aromatic N) is 3. The first-order chi connectivity index (χ1) is 11.7. The standard InChI is InChI=1S/C18H26N4O2/c1-4-7-8-15(18(23)24-6-3)11-19-12-16-13-22-17(21-16)14(5-2)9-10-20-22/h9-11,13,19H,4-8,12H2,1-3H3/b15-11+. The summed E-state index contributed by atoms with van der Waals surface area (Å²) in [6.07, 6.45) is 9.08. The number of aromatic nitrogens is 3. The Kier molecular flexibility index (Phi) is 6.78. The normalized spacial score (nSPS) is 11.7. The molecule has 0 aliphatic carbocycles. The van der Waals surface area contributed by atoms with Gasteiger partial charge in [-0.15, -0.1) is 0 Å². The molecular formula is C18H26N4O2. The summed E-state index contributed by atoms with van der Waals surface area (Å²) in [5.41, 5.74) is 3.62. The van der Waals surface area contributed by atoms with Crippen LogP contribution < -0.4 is 5.32 Å². The van der Waals surface area contributed by atoms with Gasteiger partial charge in [-0.2, -0.15) is 5.10 Å². The minimum atomic E-state index is -0.247. The van der Waals surface area contributed by atoms with E-state index in [0.717, 1.165) is 37.0 Å². The molecule has 0 bridgehead atoms. The van der Waals surface area contributed by atoms with Gasteiger partial charge in [0.2, 0.25) is 0 Å². The summed E-state index contributed by atoms with van der Waals surface area (Å²) in [5, 5.41) is 7.47. The highest BCUT2D eigenvalue weighted by Crippen LogP contribution is 2.11. The van der Waals surface area contributed by atoms with Crippen LogP contribution in [0.3, 0.4) is 0 Å². The highest BCUT2D eigenvalue weighted by Gasteiger charge is 2.10. The first-order valence-corrected chi connectivity index (χ1v) is 8.61. The molecule has 6 nitrogen and oxygen atoms in total. The van der Waals surface area contributed by atoms with Gasteiger partial charge in [-0.1, -0.05) is 20.3 Å². The Morgan fingerprint density at radius 3 is 2.92 bits per heavy atom. The van der Waals surface area contributed by atoms with E-state index in [4.69, 9.17) is 4.74 Å². The van der Waals surface area contributed by atoms with E-state index in [1.165, 1.54) is 5.56 Å². The van der Waals surface area contributed by atoms with Crippen molar-refractivity contribution in [2.24, 2.45) is 0 Å². The van der Waals surface area contributed by atoms with Gasteiger partial charge in [-0.25, -0.2) is 14.3 Å². The Balaban J connectivity index is 2.06. The Hall–Kier alpha value is -2.37. The highest BCUT2D eigenvalue weighted by molar-refractivity contribution is 5.88. The Morgan fingerprint density at radius 2 is 2.21 bits per heavy atom. The topological polar surface area (TPSA) is 68.5 Å². The van der Waals surface area contributed by atoms with Gasteiger partial charge in [0.1, 0.15) is 0 Å². The number of rotatable bonds is 9. The molecule has 0 spiro atoms. The summed E-state index contributed by atoms with van der Waals surface area (Å²) in [7, 11) is 0. The number of ether oxygens (including phenoxy) is 1. The largest absolute Gasteiger partial charge is 0.463 e. The fraction of sp³-hybridized carbons (Fsp3) is 0.500. The van der Waals surface area contributed by atoms with Crippen molar-refractivity contribution in [2.75, 3.05) is 6.61 Å². The molecule has 0 unspecified atom stereocenters. The number of hydrogen-bond donors (Lipinski definition) is 1. The van der Waals surface area contributed by atoms with Gasteiger partial charge in [-0.3, -0.25) is 0 Å². The molecule has 6 heteroatoms. The molecule has 0 saturated heterocycles. The van der Waals surface area contributed by atoms with E-state index in [2.05, 4.69) is 29.2 Å². The number of esters is 1. The third-order valence-corrected chi connectivity index (χ3v) is 3.77. The molecule has 130 valence electrons. The molecule has 2 heterocycles. The fourth-order valence-corrected chi connectivity index (χ4v) is 2.46. The second-order valence-corrected chi connectivity index (χ2v) is 5.58. The molecule has 0 fully saturated rings. The monoisotopic (exact) mass is 330 g/mol. The van der Waals surface area contributed by atoms with Crippen LogP contribution in [0.25, 0.3) is 5.65 Å². The zero-order valence-electron chi connectivity index (χ0n) is 14.7. The van der Waals surface area contributed by atoms with E-state index < -0.39 is 0 Å². The lowest BCUT2D eigenvalue weighted by Crippen LogP contribution is -2.13. The third-order valence-electron chi connectivity index (χ3n) is 3.77. The second-order valence-electron chi connectivity index (χ2n) is 5.58. The molecule has 0 aliphatic rings. The van der Waals surface area contributed by atoms with Crippen molar-refractivity contribution in [3.8, 4) is 0 Å². The molecule has 0 saturated carbocycles. The number of nitrogens with one attached hydrogen (secondary N) is 1. The maximum Gasteiger partial charge on any atom is 0.335 e. The van der Waals surface area contributed by atoms with E-state index in [1.807, 2.05) is 19.2 Å². The van der Waals surface area contributed by atoms with Crippen molar-refractivity contribution in [1.82, 2.24) is 19.9 Å². The van der Waals surface area contributed by atoms with Crippen molar-refractivity contribution in [2.45, 2.75) is 53.0 Å². The lowest BCUT2D eigenvalue weighted by Gasteiger charge is -2.07. The molecule has 0 aliphatic heterocycles. The predicted octanol–water partition coefficient (Wildman–Crippen LogP) is 3.02. The van der Waals surface area contributed by atoms with Gasteiger partial charge < -0.3 is 10.1 Å².